The standard InChI is InChI=1S/C21H30ClN5S/c1-23-21(24-15-19(26(2)3)16-6-8-17(22)9-7-16)25-18-10-12-27(13-11-18)20-5-4-14-28-20/h4-9,14,18-19H,10-13,15H2,1-3H3,(H2,23,24,25). The number of anilines is 1. The Labute approximate surface area is 177 Å². The lowest BCUT2D eigenvalue weighted by molar-refractivity contribution is 0.297. The third-order valence-corrected chi connectivity index (χ3v) is 6.40. The van der Waals surface area contributed by atoms with Crippen molar-refractivity contribution in [2.24, 2.45) is 4.99 Å². The highest BCUT2D eigenvalue weighted by atomic mass is 35.5. The lowest BCUT2D eigenvalue weighted by Gasteiger charge is -2.34. The zero-order valence-corrected chi connectivity index (χ0v) is 18.4. The average molecular weight is 420 g/mol. The van der Waals surface area contributed by atoms with Gasteiger partial charge in [0.05, 0.1) is 11.0 Å². The molecular formula is C21H30ClN5S. The van der Waals surface area contributed by atoms with E-state index in [0.29, 0.717) is 6.04 Å². The molecule has 0 bridgehead atoms. The van der Waals surface area contributed by atoms with E-state index < -0.39 is 0 Å². The van der Waals surface area contributed by atoms with Crippen molar-refractivity contribution in [3.8, 4) is 0 Å². The monoisotopic (exact) mass is 419 g/mol. The number of benzene rings is 1. The molecule has 2 aromatic rings. The third kappa shape index (κ3) is 5.63. The third-order valence-electron chi connectivity index (χ3n) is 5.22. The fourth-order valence-corrected chi connectivity index (χ4v) is 4.47. The summed E-state index contributed by atoms with van der Waals surface area (Å²) in [6, 6.07) is 13.1. The molecule has 1 atom stereocenters. The number of nitrogens with zero attached hydrogens (tertiary/aromatic N) is 3. The summed E-state index contributed by atoms with van der Waals surface area (Å²) in [6.45, 7) is 2.95. The zero-order chi connectivity index (χ0) is 19.9. The molecule has 1 aliphatic heterocycles. The van der Waals surface area contributed by atoms with Crippen molar-refractivity contribution in [3.05, 3.63) is 52.4 Å². The van der Waals surface area contributed by atoms with E-state index in [1.54, 1.807) is 0 Å². The van der Waals surface area contributed by atoms with Crippen molar-refractivity contribution in [1.82, 2.24) is 15.5 Å². The van der Waals surface area contributed by atoms with Gasteiger partial charge in [-0.15, -0.1) is 11.3 Å². The molecule has 28 heavy (non-hydrogen) atoms. The van der Waals surface area contributed by atoms with Crippen LogP contribution in [0.15, 0.2) is 46.8 Å². The summed E-state index contributed by atoms with van der Waals surface area (Å²) in [5.41, 5.74) is 1.24. The first-order valence-corrected chi connectivity index (χ1v) is 11.0. The maximum atomic E-state index is 6.04. The molecule has 2 heterocycles. The maximum absolute atomic E-state index is 6.04. The predicted octanol–water partition coefficient (Wildman–Crippen LogP) is 3.84. The molecule has 3 rings (SSSR count). The number of thiophene rings is 1. The van der Waals surface area contributed by atoms with Gasteiger partial charge in [0.1, 0.15) is 0 Å². The first-order chi connectivity index (χ1) is 13.6. The molecule has 0 amide bonds. The molecule has 1 unspecified atom stereocenters. The molecule has 1 aliphatic rings. The number of halogens is 1. The van der Waals surface area contributed by atoms with E-state index in [1.807, 2.05) is 30.5 Å². The van der Waals surface area contributed by atoms with Gasteiger partial charge in [-0.05, 0) is 62.1 Å². The minimum Gasteiger partial charge on any atom is -0.363 e. The number of aliphatic imine (C=N–C) groups is 1. The Bertz CT molecular complexity index is 737. The van der Waals surface area contributed by atoms with Crippen LogP contribution >= 0.6 is 22.9 Å². The Kier molecular flexibility index (Phi) is 7.59. The van der Waals surface area contributed by atoms with Gasteiger partial charge in [-0.25, -0.2) is 0 Å². The maximum Gasteiger partial charge on any atom is 0.191 e. The molecule has 0 radical (unpaired) electrons. The van der Waals surface area contributed by atoms with Crippen LogP contribution in [0.1, 0.15) is 24.4 Å². The van der Waals surface area contributed by atoms with Gasteiger partial charge in [0.2, 0.25) is 0 Å². The molecule has 0 aliphatic carbocycles. The van der Waals surface area contributed by atoms with Crippen molar-refractivity contribution < 1.29 is 0 Å². The van der Waals surface area contributed by atoms with Crippen LogP contribution in [0, 0.1) is 0 Å². The molecule has 1 aromatic heterocycles. The summed E-state index contributed by atoms with van der Waals surface area (Å²) in [6.07, 6.45) is 2.24. The van der Waals surface area contributed by atoms with Crippen molar-refractivity contribution in [1.29, 1.82) is 0 Å². The second-order valence-electron chi connectivity index (χ2n) is 7.34. The molecule has 0 saturated carbocycles. The summed E-state index contributed by atoms with van der Waals surface area (Å²) in [4.78, 5) is 9.12. The van der Waals surface area contributed by atoms with E-state index in [4.69, 9.17) is 11.6 Å². The first kappa shape index (κ1) is 21.0. The Morgan fingerprint density at radius 1 is 1.25 bits per heavy atom. The molecule has 1 aromatic carbocycles. The molecule has 7 heteroatoms. The Balaban J connectivity index is 1.50. The smallest absolute Gasteiger partial charge is 0.191 e. The van der Waals surface area contributed by atoms with E-state index in [1.165, 1.54) is 10.6 Å². The number of hydrogen-bond donors (Lipinski definition) is 2. The molecular weight excluding hydrogens is 390 g/mol. The second kappa shape index (κ2) is 10.1. The molecule has 5 nitrogen and oxygen atoms in total. The van der Waals surface area contributed by atoms with E-state index >= 15 is 0 Å². The van der Waals surface area contributed by atoms with Crippen molar-refractivity contribution in [2.75, 3.05) is 45.7 Å². The van der Waals surface area contributed by atoms with Gasteiger partial charge >= 0.3 is 0 Å². The highest BCUT2D eigenvalue weighted by Crippen LogP contribution is 2.25. The fourth-order valence-electron chi connectivity index (χ4n) is 3.56. The van der Waals surface area contributed by atoms with Gasteiger partial charge in [0, 0.05) is 37.7 Å². The number of rotatable bonds is 6. The number of guanidine groups is 1. The Morgan fingerprint density at radius 2 is 1.96 bits per heavy atom. The highest BCUT2D eigenvalue weighted by Gasteiger charge is 2.21. The minimum atomic E-state index is 0.247. The zero-order valence-electron chi connectivity index (χ0n) is 16.9. The number of piperidine rings is 1. The van der Waals surface area contributed by atoms with Crippen LogP contribution < -0.4 is 15.5 Å². The lowest BCUT2D eigenvalue weighted by Crippen LogP contribution is -2.49. The van der Waals surface area contributed by atoms with E-state index in [-0.39, 0.29) is 6.04 Å². The summed E-state index contributed by atoms with van der Waals surface area (Å²) in [5.74, 6) is 0.871. The van der Waals surface area contributed by atoms with Gasteiger partial charge in [-0.1, -0.05) is 23.7 Å². The summed E-state index contributed by atoms with van der Waals surface area (Å²) in [5, 5.41) is 11.4. The second-order valence-corrected chi connectivity index (χ2v) is 8.70. The molecule has 152 valence electrons. The van der Waals surface area contributed by atoms with Gasteiger partial charge in [-0.2, -0.15) is 0 Å². The van der Waals surface area contributed by atoms with Crippen LogP contribution in [0.5, 0.6) is 0 Å². The Morgan fingerprint density at radius 3 is 2.54 bits per heavy atom. The van der Waals surface area contributed by atoms with E-state index in [2.05, 4.69) is 69.2 Å². The van der Waals surface area contributed by atoms with E-state index in [0.717, 1.165) is 43.5 Å². The van der Waals surface area contributed by atoms with Crippen LogP contribution in [-0.4, -0.2) is 57.7 Å². The average Bonchev–Trinajstić information content (AvgIpc) is 3.23. The van der Waals surface area contributed by atoms with Crippen LogP contribution in [0.4, 0.5) is 5.00 Å². The van der Waals surface area contributed by atoms with Gasteiger partial charge in [-0.3, -0.25) is 4.99 Å². The lowest BCUT2D eigenvalue weighted by atomic mass is 10.1. The largest absolute Gasteiger partial charge is 0.363 e. The van der Waals surface area contributed by atoms with Crippen LogP contribution in [0.2, 0.25) is 5.02 Å². The topological polar surface area (TPSA) is 42.9 Å². The highest BCUT2D eigenvalue weighted by molar-refractivity contribution is 7.14. The summed E-state index contributed by atoms with van der Waals surface area (Å²) in [7, 11) is 6.03. The van der Waals surface area contributed by atoms with Gasteiger partial charge < -0.3 is 20.4 Å². The normalized spacial score (nSPS) is 17.0. The van der Waals surface area contributed by atoms with Crippen LogP contribution in [0.3, 0.4) is 0 Å². The Hall–Kier alpha value is -1.76. The van der Waals surface area contributed by atoms with Crippen molar-refractivity contribution in [3.63, 3.8) is 0 Å². The van der Waals surface area contributed by atoms with Crippen LogP contribution in [-0.2, 0) is 0 Å². The predicted molar refractivity (Wildman–Crippen MR) is 122 cm³/mol. The molecule has 2 N–H and O–H groups in total. The van der Waals surface area contributed by atoms with Gasteiger partial charge in [0.15, 0.2) is 5.96 Å². The molecule has 0 spiro atoms. The van der Waals surface area contributed by atoms with Crippen molar-refractivity contribution >= 4 is 33.9 Å². The van der Waals surface area contributed by atoms with E-state index in [9.17, 15) is 0 Å². The van der Waals surface area contributed by atoms with Crippen LogP contribution in [0.25, 0.3) is 0 Å². The fraction of sp³-hybridized carbons (Fsp3) is 0.476. The number of hydrogen-bond acceptors (Lipinski definition) is 4. The number of nitrogens with one attached hydrogen (secondary N) is 2. The molecule has 1 saturated heterocycles. The summed E-state index contributed by atoms with van der Waals surface area (Å²) < 4.78 is 0. The quantitative estimate of drug-likeness (QED) is 0.551. The minimum absolute atomic E-state index is 0.247. The first-order valence-electron chi connectivity index (χ1n) is 9.74. The SMILES string of the molecule is CN=C(NCC(c1ccc(Cl)cc1)N(C)C)NC1CCN(c2cccs2)CC1. The van der Waals surface area contributed by atoms with Crippen molar-refractivity contribution in [2.45, 2.75) is 24.9 Å². The summed E-state index contributed by atoms with van der Waals surface area (Å²) >= 11 is 7.85. The van der Waals surface area contributed by atoms with Gasteiger partial charge in [0.25, 0.3) is 0 Å². The molecule has 1 fully saturated rings. The number of likely N-dealkylation sites (N-methyl/N-ethyl adjacent to an activating group) is 1.